The highest BCUT2D eigenvalue weighted by Gasteiger charge is 2.32. The largest absolute Gasteiger partial charge is 0.269 e. The third kappa shape index (κ3) is 1.94. The van der Waals surface area contributed by atoms with Crippen LogP contribution >= 0.6 is 23.2 Å². The van der Waals surface area contributed by atoms with Crippen LogP contribution < -0.4 is 4.90 Å². The van der Waals surface area contributed by atoms with Gasteiger partial charge in [0.05, 0.1) is 15.7 Å². The van der Waals surface area contributed by atoms with Crippen LogP contribution in [0, 0.1) is 5.82 Å². The van der Waals surface area contributed by atoms with Gasteiger partial charge in [0, 0.05) is 11.6 Å². The number of nitrogens with zero attached hydrogens (tertiary/aromatic N) is 1. The van der Waals surface area contributed by atoms with Gasteiger partial charge in [0.2, 0.25) is 0 Å². The van der Waals surface area contributed by atoms with E-state index in [4.69, 9.17) is 23.2 Å². The SMILES string of the molecule is CC1=CC(=O)N(c2c(Cl)cc(F)cc2Cl)C1=O. The average molecular weight is 274 g/mol. The summed E-state index contributed by atoms with van der Waals surface area (Å²) in [5.74, 6) is -1.68. The van der Waals surface area contributed by atoms with E-state index in [1.54, 1.807) is 0 Å². The lowest BCUT2D eigenvalue weighted by Gasteiger charge is -2.17. The van der Waals surface area contributed by atoms with E-state index in [1.807, 2.05) is 0 Å². The normalized spacial score (nSPS) is 15.5. The predicted molar refractivity (Wildman–Crippen MR) is 62.7 cm³/mol. The molecule has 3 nitrogen and oxygen atoms in total. The Kier molecular flexibility index (Phi) is 2.93. The van der Waals surface area contributed by atoms with Crippen LogP contribution in [0.2, 0.25) is 10.0 Å². The molecular weight excluding hydrogens is 268 g/mol. The minimum absolute atomic E-state index is 0.0119. The molecule has 17 heavy (non-hydrogen) atoms. The van der Waals surface area contributed by atoms with Gasteiger partial charge < -0.3 is 0 Å². The maximum Gasteiger partial charge on any atom is 0.261 e. The van der Waals surface area contributed by atoms with Crippen LogP contribution in [0.1, 0.15) is 6.92 Å². The number of benzene rings is 1. The van der Waals surface area contributed by atoms with Gasteiger partial charge in [-0.05, 0) is 19.1 Å². The van der Waals surface area contributed by atoms with Crippen LogP contribution in [0.4, 0.5) is 10.1 Å². The number of rotatable bonds is 1. The molecule has 2 rings (SSSR count). The molecule has 2 amide bonds. The number of anilines is 1. The van der Waals surface area contributed by atoms with Crippen molar-refractivity contribution < 1.29 is 14.0 Å². The second kappa shape index (κ2) is 4.13. The van der Waals surface area contributed by atoms with Crippen molar-refractivity contribution in [2.45, 2.75) is 6.92 Å². The van der Waals surface area contributed by atoms with Gasteiger partial charge >= 0.3 is 0 Å². The molecule has 0 N–H and O–H groups in total. The van der Waals surface area contributed by atoms with Crippen molar-refractivity contribution >= 4 is 40.7 Å². The average Bonchev–Trinajstić information content (AvgIpc) is 2.43. The summed E-state index contributed by atoms with van der Waals surface area (Å²) in [6, 6.07) is 1.99. The summed E-state index contributed by atoms with van der Waals surface area (Å²) >= 11 is 11.6. The zero-order valence-electron chi connectivity index (χ0n) is 8.63. The molecule has 1 aromatic rings. The number of carbonyl (C=O) groups excluding carboxylic acids is 2. The molecule has 0 unspecified atom stereocenters. The topological polar surface area (TPSA) is 37.4 Å². The molecule has 0 spiro atoms. The third-order valence-corrected chi connectivity index (χ3v) is 2.88. The van der Waals surface area contributed by atoms with Crippen LogP contribution in [0.5, 0.6) is 0 Å². The van der Waals surface area contributed by atoms with Gasteiger partial charge in [-0.25, -0.2) is 9.29 Å². The number of imide groups is 1. The number of carbonyl (C=O) groups is 2. The van der Waals surface area contributed by atoms with Crippen molar-refractivity contribution in [3.63, 3.8) is 0 Å². The first-order valence-corrected chi connectivity index (χ1v) is 5.38. The van der Waals surface area contributed by atoms with Gasteiger partial charge in [-0.3, -0.25) is 9.59 Å². The standard InChI is InChI=1S/C11H6Cl2FNO2/c1-5-2-9(16)15(11(5)17)10-7(12)3-6(14)4-8(10)13/h2-4H,1H3. The van der Waals surface area contributed by atoms with E-state index in [2.05, 4.69) is 0 Å². The summed E-state index contributed by atoms with van der Waals surface area (Å²) in [6.45, 7) is 1.51. The lowest BCUT2D eigenvalue weighted by molar-refractivity contribution is -0.120. The monoisotopic (exact) mass is 273 g/mol. The fraction of sp³-hybridized carbons (Fsp3) is 0.0909. The van der Waals surface area contributed by atoms with Gasteiger partial charge in [0.15, 0.2) is 0 Å². The van der Waals surface area contributed by atoms with Crippen LogP contribution in [-0.2, 0) is 9.59 Å². The highest BCUT2D eigenvalue weighted by Crippen LogP contribution is 2.37. The minimum Gasteiger partial charge on any atom is -0.269 e. The molecule has 0 saturated carbocycles. The van der Waals surface area contributed by atoms with Crippen molar-refractivity contribution in [3.8, 4) is 0 Å². The van der Waals surface area contributed by atoms with E-state index in [9.17, 15) is 14.0 Å². The summed E-state index contributed by atoms with van der Waals surface area (Å²) in [4.78, 5) is 24.2. The number of hydrogen-bond donors (Lipinski definition) is 0. The van der Waals surface area contributed by atoms with Crippen LogP contribution in [-0.4, -0.2) is 11.8 Å². The van der Waals surface area contributed by atoms with Crippen LogP contribution in [0.25, 0.3) is 0 Å². The highest BCUT2D eigenvalue weighted by atomic mass is 35.5. The Labute approximate surface area is 106 Å². The first kappa shape index (κ1) is 12.1. The zero-order chi connectivity index (χ0) is 12.7. The quantitative estimate of drug-likeness (QED) is 0.738. The molecule has 0 fully saturated rings. The Morgan fingerprint density at radius 2 is 1.71 bits per heavy atom. The summed E-state index contributed by atoms with van der Waals surface area (Å²) in [6.07, 6.45) is 1.18. The lowest BCUT2D eigenvalue weighted by atomic mass is 10.2. The first-order chi connectivity index (χ1) is 7.91. The van der Waals surface area contributed by atoms with Gasteiger partial charge in [-0.15, -0.1) is 0 Å². The Hall–Kier alpha value is -1.39. The number of amides is 2. The van der Waals surface area contributed by atoms with Crippen molar-refractivity contribution in [1.82, 2.24) is 0 Å². The van der Waals surface area contributed by atoms with Crippen LogP contribution in [0.3, 0.4) is 0 Å². The Morgan fingerprint density at radius 3 is 2.12 bits per heavy atom. The maximum atomic E-state index is 13.0. The van der Waals surface area contributed by atoms with E-state index in [0.717, 1.165) is 17.0 Å². The molecule has 0 radical (unpaired) electrons. The molecule has 1 aromatic carbocycles. The molecule has 1 aliphatic heterocycles. The Balaban J connectivity index is 2.57. The second-order valence-electron chi connectivity index (χ2n) is 3.52. The van der Waals surface area contributed by atoms with Crippen LogP contribution in [0.15, 0.2) is 23.8 Å². The molecule has 88 valence electrons. The van der Waals surface area contributed by atoms with Crippen molar-refractivity contribution in [3.05, 3.63) is 39.6 Å². The van der Waals surface area contributed by atoms with Gasteiger partial charge in [-0.2, -0.15) is 0 Å². The molecule has 0 aromatic heterocycles. The first-order valence-electron chi connectivity index (χ1n) is 4.63. The van der Waals surface area contributed by atoms with Crippen molar-refractivity contribution in [2.24, 2.45) is 0 Å². The van der Waals surface area contributed by atoms with E-state index in [0.29, 0.717) is 0 Å². The Morgan fingerprint density at radius 1 is 1.18 bits per heavy atom. The summed E-state index contributed by atoms with van der Waals surface area (Å²) in [5.41, 5.74) is 0.296. The molecule has 6 heteroatoms. The molecular formula is C11H6Cl2FNO2. The summed E-state index contributed by atoms with van der Waals surface area (Å²) in [7, 11) is 0. The summed E-state index contributed by atoms with van der Waals surface area (Å²) < 4.78 is 13.0. The Bertz CT molecular complexity index is 546. The molecule has 1 aliphatic rings. The third-order valence-electron chi connectivity index (χ3n) is 2.31. The molecule has 0 bridgehead atoms. The smallest absolute Gasteiger partial charge is 0.261 e. The molecule has 0 aliphatic carbocycles. The van der Waals surface area contributed by atoms with Gasteiger partial charge in [-0.1, -0.05) is 23.2 Å². The highest BCUT2D eigenvalue weighted by molar-refractivity contribution is 6.43. The zero-order valence-corrected chi connectivity index (χ0v) is 10.1. The van der Waals surface area contributed by atoms with Gasteiger partial charge in [0.1, 0.15) is 5.82 Å². The molecule has 1 heterocycles. The van der Waals surface area contributed by atoms with Crippen molar-refractivity contribution in [2.75, 3.05) is 4.90 Å². The van der Waals surface area contributed by atoms with E-state index in [1.165, 1.54) is 13.0 Å². The fourth-order valence-electron chi connectivity index (χ4n) is 1.55. The minimum atomic E-state index is -0.632. The van der Waals surface area contributed by atoms with Crippen molar-refractivity contribution in [1.29, 1.82) is 0 Å². The van der Waals surface area contributed by atoms with E-state index < -0.39 is 17.6 Å². The van der Waals surface area contributed by atoms with E-state index >= 15 is 0 Å². The number of halogens is 3. The maximum absolute atomic E-state index is 13.0. The summed E-state index contributed by atoms with van der Waals surface area (Å²) in [5, 5.41) is -0.167. The fourth-order valence-corrected chi connectivity index (χ4v) is 2.18. The lowest BCUT2D eigenvalue weighted by Crippen LogP contribution is -2.31. The van der Waals surface area contributed by atoms with E-state index in [-0.39, 0.29) is 21.3 Å². The number of hydrogen-bond acceptors (Lipinski definition) is 2. The molecule has 0 atom stereocenters. The predicted octanol–water partition coefficient (Wildman–Crippen LogP) is 2.95. The molecule has 0 saturated heterocycles. The van der Waals surface area contributed by atoms with Gasteiger partial charge in [0.25, 0.3) is 11.8 Å². The second-order valence-corrected chi connectivity index (χ2v) is 4.34.